The molecule has 1 amide bonds. The van der Waals surface area contributed by atoms with Crippen molar-refractivity contribution in [3.63, 3.8) is 0 Å². The van der Waals surface area contributed by atoms with E-state index in [4.69, 9.17) is 19.0 Å². The largest absolute Gasteiger partial charge is 0.494 e. The lowest BCUT2D eigenvalue weighted by Crippen LogP contribution is -2.35. The van der Waals surface area contributed by atoms with E-state index >= 15 is 0 Å². The molecule has 0 spiro atoms. The van der Waals surface area contributed by atoms with Gasteiger partial charge in [-0.2, -0.15) is 0 Å². The van der Waals surface area contributed by atoms with Crippen LogP contribution in [0.2, 0.25) is 0 Å². The molecule has 1 atom stereocenters. The number of nitrogens with zero attached hydrogens (tertiary/aromatic N) is 2. The van der Waals surface area contributed by atoms with Gasteiger partial charge in [-0.05, 0) is 56.1 Å². The molecule has 1 aliphatic carbocycles. The smallest absolute Gasteiger partial charge is 0.257 e. The van der Waals surface area contributed by atoms with E-state index in [9.17, 15) is 4.79 Å². The highest BCUT2D eigenvalue weighted by molar-refractivity contribution is 5.95. The van der Waals surface area contributed by atoms with Crippen LogP contribution in [0.15, 0.2) is 22.9 Å². The third kappa shape index (κ3) is 5.08. The molecule has 1 saturated heterocycles. The van der Waals surface area contributed by atoms with Crippen molar-refractivity contribution < 1.29 is 18.8 Å². The van der Waals surface area contributed by atoms with Gasteiger partial charge in [-0.25, -0.2) is 4.98 Å². The molecule has 35 heavy (non-hydrogen) atoms. The van der Waals surface area contributed by atoms with Crippen LogP contribution in [0, 0.1) is 12.8 Å². The Morgan fingerprint density at radius 2 is 1.86 bits per heavy atom. The van der Waals surface area contributed by atoms with Crippen molar-refractivity contribution in [1.82, 2.24) is 20.4 Å². The molecule has 2 aliphatic rings. The lowest BCUT2D eigenvalue weighted by molar-refractivity contribution is 0.0848. The highest BCUT2D eigenvalue weighted by Crippen LogP contribution is 2.39. The fourth-order valence-corrected chi connectivity index (χ4v) is 5.74. The van der Waals surface area contributed by atoms with Crippen molar-refractivity contribution in [3.05, 3.63) is 41.0 Å². The first-order valence-electron chi connectivity index (χ1n) is 13.0. The number of aryl methyl sites for hydroxylation is 1. The number of aromatic nitrogens is 3. The number of rotatable bonds is 6. The molecular formula is C27H36N4O4. The first kappa shape index (κ1) is 23.9. The zero-order valence-electron chi connectivity index (χ0n) is 20.8. The molecule has 8 nitrogen and oxygen atoms in total. The number of methoxy groups -OCH3 is 1. The summed E-state index contributed by atoms with van der Waals surface area (Å²) in [6, 6.07) is 4.03. The quantitative estimate of drug-likeness (QED) is 0.477. The minimum atomic E-state index is -0.224. The first-order chi connectivity index (χ1) is 17.2. The average molecular weight is 481 g/mol. The van der Waals surface area contributed by atoms with Crippen LogP contribution in [0.3, 0.4) is 0 Å². The number of benzene rings is 1. The van der Waals surface area contributed by atoms with Crippen LogP contribution >= 0.6 is 0 Å². The van der Waals surface area contributed by atoms with Gasteiger partial charge in [-0.15, -0.1) is 0 Å². The van der Waals surface area contributed by atoms with E-state index in [2.05, 4.69) is 27.6 Å². The Kier molecular flexibility index (Phi) is 7.37. The number of imidazole rings is 1. The molecule has 5 rings (SSSR count). The van der Waals surface area contributed by atoms with Crippen LogP contribution in [-0.4, -0.2) is 41.4 Å². The minimum absolute atomic E-state index is 0.175. The number of carbonyl (C=O) groups is 1. The SMILES string of the molecule is COc1c(C2CCOCC2)ccc2[nH]c(C(NC(=O)c3conc3C)C3CCCCCCC3)nc12. The summed E-state index contributed by atoms with van der Waals surface area (Å²) in [7, 11) is 1.72. The lowest BCUT2D eigenvalue weighted by atomic mass is 9.85. The molecule has 3 aromatic rings. The molecule has 3 heterocycles. The summed E-state index contributed by atoms with van der Waals surface area (Å²) in [4.78, 5) is 21.8. The molecule has 1 aromatic carbocycles. The maximum Gasteiger partial charge on any atom is 0.257 e. The number of nitrogens with one attached hydrogen (secondary N) is 2. The summed E-state index contributed by atoms with van der Waals surface area (Å²) in [5, 5.41) is 7.17. The van der Waals surface area contributed by atoms with Crippen LogP contribution in [0.4, 0.5) is 0 Å². The molecule has 1 saturated carbocycles. The standard InChI is InChI=1S/C27H36N4O4/c1-17-21(16-35-31-17)27(32)30-23(19-8-6-4-3-5-7-9-19)26-28-22-11-10-20(18-12-14-34-15-13-18)25(33-2)24(22)29-26/h10-11,16,18-19,23H,3-9,12-15H2,1-2H3,(H,28,29)(H,30,32). The van der Waals surface area contributed by atoms with Crippen molar-refractivity contribution in [2.45, 2.75) is 76.7 Å². The number of hydrogen-bond donors (Lipinski definition) is 2. The van der Waals surface area contributed by atoms with Gasteiger partial charge in [0.25, 0.3) is 5.91 Å². The fourth-order valence-electron chi connectivity index (χ4n) is 5.74. The molecule has 2 fully saturated rings. The van der Waals surface area contributed by atoms with Crippen molar-refractivity contribution in [2.24, 2.45) is 5.92 Å². The van der Waals surface area contributed by atoms with E-state index < -0.39 is 0 Å². The first-order valence-corrected chi connectivity index (χ1v) is 13.0. The van der Waals surface area contributed by atoms with Crippen LogP contribution in [0.25, 0.3) is 11.0 Å². The molecule has 0 radical (unpaired) electrons. The number of fused-ring (bicyclic) bond motifs is 1. The van der Waals surface area contributed by atoms with Gasteiger partial charge in [0.15, 0.2) is 0 Å². The summed E-state index contributed by atoms with van der Waals surface area (Å²) in [6.45, 7) is 3.33. The van der Waals surface area contributed by atoms with E-state index in [0.717, 1.165) is 61.5 Å². The van der Waals surface area contributed by atoms with E-state index in [1.807, 2.05) is 0 Å². The maximum absolute atomic E-state index is 13.2. The number of amides is 1. The summed E-state index contributed by atoms with van der Waals surface area (Å²) in [5.74, 6) is 2.15. The number of H-pyrrole nitrogens is 1. The molecule has 0 bridgehead atoms. The highest BCUT2D eigenvalue weighted by atomic mass is 16.5. The second kappa shape index (κ2) is 10.8. The molecular weight excluding hydrogens is 444 g/mol. The molecule has 2 aromatic heterocycles. The summed E-state index contributed by atoms with van der Waals surface area (Å²) < 4.78 is 16.5. The van der Waals surface area contributed by atoms with Crippen molar-refractivity contribution in [3.8, 4) is 5.75 Å². The van der Waals surface area contributed by atoms with Gasteiger partial charge < -0.3 is 24.3 Å². The maximum atomic E-state index is 13.2. The van der Waals surface area contributed by atoms with Gasteiger partial charge in [0.2, 0.25) is 0 Å². The molecule has 188 valence electrons. The number of ether oxygens (including phenoxy) is 2. The second-order valence-corrected chi connectivity index (χ2v) is 9.96. The second-order valence-electron chi connectivity index (χ2n) is 9.96. The Bertz CT molecular complexity index is 1140. The topological polar surface area (TPSA) is 102 Å². The summed E-state index contributed by atoms with van der Waals surface area (Å²) >= 11 is 0. The number of hydrogen-bond acceptors (Lipinski definition) is 6. The molecule has 1 unspecified atom stereocenters. The Morgan fingerprint density at radius 1 is 1.11 bits per heavy atom. The van der Waals surface area contributed by atoms with Crippen LogP contribution in [0.1, 0.15) is 97.2 Å². The lowest BCUT2D eigenvalue weighted by Gasteiger charge is -2.28. The number of aromatic amines is 1. The molecule has 8 heteroatoms. The summed E-state index contributed by atoms with van der Waals surface area (Å²) in [5.41, 5.74) is 4.01. The van der Waals surface area contributed by atoms with Gasteiger partial charge in [0.1, 0.15) is 28.9 Å². The Morgan fingerprint density at radius 3 is 2.54 bits per heavy atom. The monoisotopic (exact) mass is 480 g/mol. The van der Waals surface area contributed by atoms with E-state index in [1.165, 1.54) is 43.9 Å². The Labute approximate surface area is 206 Å². The van der Waals surface area contributed by atoms with Crippen LogP contribution in [-0.2, 0) is 4.74 Å². The zero-order valence-corrected chi connectivity index (χ0v) is 20.8. The van der Waals surface area contributed by atoms with Gasteiger partial charge in [0.05, 0.1) is 24.4 Å². The Hall–Kier alpha value is -2.87. The van der Waals surface area contributed by atoms with Gasteiger partial charge >= 0.3 is 0 Å². The molecule has 2 N–H and O–H groups in total. The van der Waals surface area contributed by atoms with Gasteiger partial charge in [-0.1, -0.05) is 43.3 Å². The third-order valence-corrected chi connectivity index (χ3v) is 7.72. The van der Waals surface area contributed by atoms with Crippen LogP contribution in [0.5, 0.6) is 5.75 Å². The summed E-state index contributed by atoms with van der Waals surface area (Å²) in [6.07, 6.45) is 11.6. The molecule has 1 aliphatic heterocycles. The Balaban J connectivity index is 1.51. The van der Waals surface area contributed by atoms with E-state index in [0.29, 0.717) is 23.1 Å². The third-order valence-electron chi connectivity index (χ3n) is 7.72. The predicted octanol–water partition coefficient (Wildman–Crippen LogP) is 5.59. The van der Waals surface area contributed by atoms with Gasteiger partial charge in [-0.3, -0.25) is 4.79 Å². The zero-order chi connectivity index (χ0) is 24.2. The van der Waals surface area contributed by atoms with Crippen LogP contribution < -0.4 is 10.1 Å². The van der Waals surface area contributed by atoms with Crippen molar-refractivity contribution in [2.75, 3.05) is 20.3 Å². The predicted molar refractivity (Wildman–Crippen MR) is 133 cm³/mol. The van der Waals surface area contributed by atoms with Gasteiger partial charge in [0, 0.05) is 13.2 Å². The fraction of sp³-hybridized carbons (Fsp3) is 0.593. The van der Waals surface area contributed by atoms with E-state index in [1.54, 1.807) is 14.0 Å². The van der Waals surface area contributed by atoms with Crippen molar-refractivity contribution in [1.29, 1.82) is 0 Å². The van der Waals surface area contributed by atoms with Crippen molar-refractivity contribution >= 4 is 16.9 Å². The number of carbonyl (C=O) groups excluding carboxylic acids is 1. The minimum Gasteiger partial charge on any atom is -0.494 e. The average Bonchev–Trinajstić information content (AvgIpc) is 3.48. The normalized spacial score (nSPS) is 19.3. The highest BCUT2D eigenvalue weighted by Gasteiger charge is 2.30. The van der Waals surface area contributed by atoms with E-state index in [-0.39, 0.29) is 11.9 Å².